The molecule has 3 heterocycles. The molecule has 7 nitrogen and oxygen atoms in total. The largest absolute Gasteiger partial charge is 0.467 e. The molecule has 1 aliphatic rings. The van der Waals surface area contributed by atoms with Crippen LogP contribution in [0.4, 0.5) is 10.8 Å². The van der Waals surface area contributed by atoms with Crippen molar-refractivity contribution in [2.45, 2.75) is 25.4 Å². The van der Waals surface area contributed by atoms with Crippen LogP contribution in [0.25, 0.3) is 0 Å². The van der Waals surface area contributed by atoms with Crippen molar-refractivity contribution in [3.05, 3.63) is 65.6 Å². The Morgan fingerprint density at radius 1 is 1.21 bits per heavy atom. The van der Waals surface area contributed by atoms with Crippen molar-refractivity contribution in [2.24, 2.45) is 0 Å². The van der Waals surface area contributed by atoms with Crippen molar-refractivity contribution in [3.63, 3.8) is 0 Å². The summed E-state index contributed by atoms with van der Waals surface area (Å²) >= 11 is 1.37. The molecule has 1 unspecified atom stereocenters. The third-order valence-electron chi connectivity index (χ3n) is 4.58. The Balaban J connectivity index is 1.40. The van der Waals surface area contributed by atoms with Crippen LogP contribution in [0.2, 0.25) is 0 Å². The lowest BCUT2D eigenvalue weighted by Crippen LogP contribution is -2.45. The second-order valence-electron chi connectivity index (χ2n) is 6.48. The van der Waals surface area contributed by atoms with Crippen molar-refractivity contribution in [2.75, 3.05) is 11.9 Å². The summed E-state index contributed by atoms with van der Waals surface area (Å²) in [6, 6.07) is 12.8. The fourth-order valence-corrected chi connectivity index (χ4v) is 3.91. The van der Waals surface area contributed by atoms with Crippen LogP contribution >= 0.6 is 11.3 Å². The monoisotopic (exact) mass is 396 g/mol. The molecule has 0 saturated carbocycles. The number of hydrogen-bond acceptors (Lipinski definition) is 6. The molecular formula is C20H20N4O3S. The second-order valence-corrected chi connectivity index (χ2v) is 7.34. The van der Waals surface area contributed by atoms with Crippen LogP contribution < -0.4 is 10.6 Å². The zero-order chi connectivity index (χ0) is 19.3. The van der Waals surface area contributed by atoms with Crippen LogP contribution in [0, 0.1) is 0 Å². The van der Waals surface area contributed by atoms with Gasteiger partial charge in [-0.05, 0) is 37.1 Å². The summed E-state index contributed by atoms with van der Waals surface area (Å²) in [5, 5.41) is 8.40. The van der Waals surface area contributed by atoms with Gasteiger partial charge in [-0.2, -0.15) is 0 Å². The first-order chi connectivity index (χ1) is 13.7. The van der Waals surface area contributed by atoms with E-state index in [-0.39, 0.29) is 11.8 Å². The van der Waals surface area contributed by atoms with E-state index in [1.54, 1.807) is 28.7 Å². The number of anilines is 2. The maximum Gasteiger partial charge on any atom is 0.274 e. The Morgan fingerprint density at radius 3 is 2.86 bits per heavy atom. The first kappa shape index (κ1) is 18.2. The number of hydrogen-bond donors (Lipinski definition) is 2. The first-order valence-corrected chi connectivity index (χ1v) is 9.97. The number of rotatable bonds is 6. The lowest BCUT2D eigenvalue weighted by atomic mass is 10.2. The molecule has 0 radical (unpaired) electrons. The first-order valence-electron chi connectivity index (χ1n) is 9.09. The minimum atomic E-state index is -0.477. The predicted molar refractivity (Wildman–Crippen MR) is 106 cm³/mol. The van der Waals surface area contributed by atoms with Gasteiger partial charge in [0.25, 0.3) is 5.91 Å². The van der Waals surface area contributed by atoms with Crippen molar-refractivity contribution in [1.82, 2.24) is 15.2 Å². The zero-order valence-electron chi connectivity index (χ0n) is 15.1. The van der Waals surface area contributed by atoms with Gasteiger partial charge in [-0.25, -0.2) is 4.98 Å². The van der Waals surface area contributed by atoms with Crippen molar-refractivity contribution < 1.29 is 14.0 Å². The average Bonchev–Trinajstić information content (AvgIpc) is 3.47. The van der Waals surface area contributed by atoms with Gasteiger partial charge >= 0.3 is 0 Å². The van der Waals surface area contributed by atoms with Crippen LogP contribution in [-0.4, -0.2) is 34.3 Å². The summed E-state index contributed by atoms with van der Waals surface area (Å²) in [5.74, 6) is 0.300. The molecule has 0 aliphatic carbocycles. The molecule has 2 amide bonds. The topological polar surface area (TPSA) is 87.5 Å². The van der Waals surface area contributed by atoms with Gasteiger partial charge in [-0.1, -0.05) is 18.2 Å². The molecule has 4 rings (SSSR count). The maximum absolute atomic E-state index is 12.9. The number of aromatic nitrogens is 1. The van der Waals surface area contributed by atoms with Gasteiger partial charge in [0.05, 0.1) is 12.8 Å². The van der Waals surface area contributed by atoms with E-state index in [0.717, 1.165) is 12.1 Å². The lowest BCUT2D eigenvalue weighted by molar-refractivity contribution is -0.125. The van der Waals surface area contributed by atoms with E-state index >= 15 is 0 Å². The SMILES string of the molecule is O=C(NCc1ccco1)C1CCCN1C(=O)c1csc(Nc2ccccc2)n1. The second kappa shape index (κ2) is 8.26. The third kappa shape index (κ3) is 4.07. The highest BCUT2D eigenvalue weighted by Crippen LogP contribution is 2.25. The van der Waals surface area contributed by atoms with Gasteiger partial charge in [-0.15, -0.1) is 11.3 Å². The smallest absolute Gasteiger partial charge is 0.274 e. The van der Waals surface area contributed by atoms with E-state index < -0.39 is 6.04 Å². The third-order valence-corrected chi connectivity index (χ3v) is 5.34. The summed E-state index contributed by atoms with van der Waals surface area (Å²) in [5.41, 5.74) is 1.27. The highest BCUT2D eigenvalue weighted by molar-refractivity contribution is 7.14. The quantitative estimate of drug-likeness (QED) is 0.667. The number of carbonyl (C=O) groups is 2. The molecule has 28 heavy (non-hydrogen) atoms. The normalized spacial score (nSPS) is 16.1. The van der Waals surface area contributed by atoms with Gasteiger partial charge in [0, 0.05) is 17.6 Å². The van der Waals surface area contributed by atoms with E-state index in [4.69, 9.17) is 4.42 Å². The Bertz CT molecular complexity index is 940. The Labute approximate surface area is 166 Å². The Hall–Kier alpha value is -3.13. The molecule has 8 heteroatoms. The van der Waals surface area contributed by atoms with E-state index in [0.29, 0.717) is 36.1 Å². The number of benzene rings is 1. The summed E-state index contributed by atoms with van der Waals surface area (Å²) in [7, 11) is 0. The van der Waals surface area contributed by atoms with Crippen LogP contribution in [0.1, 0.15) is 29.1 Å². The number of amides is 2. The molecule has 3 aromatic rings. The summed E-state index contributed by atoms with van der Waals surface area (Å²) in [6.45, 7) is 0.864. The van der Waals surface area contributed by atoms with E-state index in [2.05, 4.69) is 15.6 Å². The minimum absolute atomic E-state index is 0.167. The summed E-state index contributed by atoms with van der Waals surface area (Å²) < 4.78 is 5.23. The fourth-order valence-electron chi connectivity index (χ4n) is 3.21. The molecule has 2 aromatic heterocycles. The predicted octanol–water partition coefficient (Wildman–Crippen LogP) is 3.40. The Kier molecular flexibility index (Phi) is 5.38. The molecule has 1 aliphatic heterocycles. The van der Waals surface area contributed by atoms with Crippen molar-refractivity contribution in [1.29, 1.82) is 0 Å². The average molecular weight is 396 g/mol. The highest BCUT2D eigenvalue weighted by Gasteiger charge is 2.35. The number of para-hydroxylation sites is 1. The molecule has 1 fully saturated rings. The maximum atomic E-state index is 12.9. The molecule has 2 N–H and O–H groups in total. The highest BCUT2D eigenvalue weighted by atomic mass is 32.1. The lowest BCUT2D eigenvalue weighted by Gasteiger charge is -2.23. The van der Waals surface area contributed by atoms with Gasteiger partial charge < -0.3 is 20.0 Å². The van der Waals surface area contributed by atoms with Gasteiger partial charge in [0.2, 0.25) is 5.91 Å². The molecule has 1 aromatic carbocycles. The van der Waals surface area contributed by atoms with Gasteiger partial charge in [0.1, 0.15) is 17.5 Å². The summed E-state index contributed by atoms with van der Waals surface area (Å²) in [4.78, 5) is 31.5. The number of likely N-dealkylation sites (tertiary alicyclic amines) is 1. The van der Waals surface area contributed by atoms with Crippen LogP contribution in [-0.2, 0) is 11.3 Å². The van der Waals surface area contributed by atoms with Crippen molar-refractivity contribution >= 4 is 34.0 Å². The molecule has 1 atom stereocenters. The molecule has 144 valence electrons. The van der Waals surface area contributed by atoms with Crippen LogP contribution in [0.15, 0.2) is 58.5 Å². The number of carbonyl (C=O) groups excluding carboxylic acids is 2. The summed E-state index contributed by atoms with van der Waals surface area (Å²) in [6.07, 6.45) is 3.01. The van der Waals surface area contributed by atoms with E-state index in [1.165, 1.54) is 11.3 Å². The van der Waals surface area contributed by atoms with E-state index in [9.17, 15) is 9.59 Å². The van der Waals surface area contributed by atoms with Crippen LogP contribution in [0.5, 0.6) is 0 Å². The molecule has 0 bridgehead atoms. The number of nitrogens with zero attached hydrogens (tertiary/aromatic N) is 2. The standard InChI is InChI=1S/C20H20N4O3S/c25-18(21-12-15-8-5-11-27-15)17-9-4-10-24(17)19(26)16-13-28-20(23-16)22-14-6-2-1-3-7-14/h1-3,5-8,11,13,17H,4,9-10,12H2,(H,21,25)(H,22,23). The zero-order valence-corrected chi connectivity index (χ0v) is 15.9. The van der Waals surface area contributed by atoms with Crippen LogP contribution in [0.3, 0.4) is 0 Å². The van der Waals surface area contributed by atoms with Gasteiger partial charge in [-0.3, -0.25) is 9.59 Å². The Morgan fingerprint density at radius 2 is 2.07 bits per heavy atom. The number of furan rings is 1. The number of thiazole rings is 1. The minimum Gasteiger partial charge on any atom is -0.467 e. The molecule has 1 saturated heterocycles. The molecule has 0 spiro atoms. The number of nitrogens with one attached hydrogen (secondary N) is 2. The van der Waals surface area contributed by atoms with Crippen molar-refractivity contribution in [3.8, 4) is 0 Å². The van der Waals surface area contributed by atoms with E-state index in [1.807, 2.05) is 30.3 Å². The molecular weight excluding hydrogens is 376 g/mol. The fraction of sp³-hybridized carbons (Fsp3) is 0.250. The van der Waals surface area contributed by atoms with Gasteiger partial charge in [0.15, 0.2) is 5.13 Å².